The first-order valence-electron chi connectivity index (χ1n) is 4.72. The first kappa shape index (κ1) is 9.11. The molecule has 0 N–H and O–H groups in total. The Morgan fingerprint density at radius 1 is 1.25 bits per heavy atom. The van der Waals surface area contributed by atoms with Crippen molar-refractivity contribution >= 4 is 29.6 Å². The molecule has 0 aromatic heterocycles. The second kappa shape index (κ2) is 3.73. The average Bonchev–Trinajstić information content (AvgIpc) is 2.60. The van der Waals surface area contributed by atoms with Crippen molar-refractivity contribution in [3.63, 3.8) is 0 Å². The molecule has 3 unspecified atom stereocenters. The highest BCUT2D eigenvalue weighted by atomic mass is 35.7. The van der Waals surface area contributed by atoms with Crippen LogP contribution in [0.4, 0.5) is 0 Å². The molecule has 3 heteroatoms. The third-order valence-corrected chi connectivity index (χ3v) is 5.25. The average molecular weight is 221 g/mol. The van der Waals surface area contributed by atoms with Gasteiger partial charge in [-0.25, -0.2) is 0 Å². The number of hydrogen-bond donors (Lipinski definition) is 0. The largest absolute Gasteiger partial charge is 0.237 e. The molecule has 2 aliphatic carbocycles. The monoisotopic (exact) mass is 220 g/mol. The summed E-state index contributed by atoms with van der Waals surface area (Å²) in [6.07, 6.45) is 8.86. The highest BCUT2D eigenvalue weighted by molar-refractivity contribution is 7.33. The first-order chi connectivity index (χ1) is 5.75. The lowest BCUT2D eigenvalue weighted by Gasteiger charge is -2.17. The second-order valence-electron chi connectivity index (χ2n) is 4.01. The quantitative estimate of drug-likeness (QED) is 0.389. The summed E-state index contributed by atoms with van der Waals surface area (Å²) < 4.78 is 0. The lowest BCUT2D eigenvalue weighted by atomic mass is 9.91. The van der Waals surface area contributed by atoms with Gasteiger partial charge in [-0.2, -0.15) is 22.2 Å². The Morgan fingerprint density at radius 2 is 2.08 bits per heavy atom. The van der Waals surface area contributed by atoms with Crippen molar-refractivity contribution in [1.29, 1.82) is 0 Å². The minimum Gasteiger partial charge on any atom is -0.150 e. The van der Waals surface area contributed by atoms with E-state index in [0.717, 1.165) is 23.8 Å². The summed E-state index contributed by atoms with van der Waals surface area (Å²) in [6.45, 7) is 0. The Labute approximate surface area is 85.0 Å². The molecule has 12 heavy (non-hydrogen) atoms. The van der Waals surface area contributed by atoms with Crippen LogP contribution in [0, 0.1) is 17.8 Å². The van der Waals surface area contributed by atoms with Crippen molar-refractivity contribution < 1.29 is 0 Å². The van der Waals surface area contributed by atoms with Crippen LogP contribution in [0.5, 0.6) is 0 Å². The standard InChI is InChI=1S/C9H14Cl2Si/c10-12(11)4-3-9-6-7-1-2-8(9)5-7/h1-2,7-9,12H,3-6H2. The van der Waals surface area contributed by atoms with Crippen molar-refractivity contribution in [3.05, 3.63) is 12.2 Å². The van der Waals surface area contributed by atoms with Crippen LogP contribution >= 0.6 is 22.2 Å². The van der Waals surface area contributed by atoms with Crippen LogP contribution in [0.3, 0.4) is 0 Å². The second-order valence-corrected chi connectivity index (χ2v) is 9.20. The molecule has 0 amide bonds. The van der Waals surface area contributed by atoms with E-state index in [2.05, 4.69) is 12.2 Å². The molecular formula is C9H14Cl2Si. The van der Waals surface area contributed by atoms with Gasteiger partial charge in [0.1, 0.15) is 0 Å². The van der Waals surface area contributed by atoms with Crippen molar-refractivity contribution in [2.75, 3.05) is 0 Å². The summed E-state index contributed by atoms with van der Waals surface area (Å²) in [7, 11) is -1.33. The van der Waals surface area contributed by atoms with Gasteiger partial charge >= 0.3 is 0 Å². The van der Waals surface area contributed by atoms with Crippen molar-refractivity contribution in [3.8, 4) is 0 Å². The first-order valence-corrected chi connectivity index (χ1v) is 9.03. The smallest absolute Gasteiger partial charge is 0.150 e. The maximum Gasteiger partial charge on any atom is 0.237 e. The summed E-state index contributed by atoms with van der Waals surface area (Å²) in [5.41, 5.74) is 0. The topological polar surface area (TPSA) is 0 Å². The predicted molar refractivity (Wildman–Crippen MR) is 57.1 cm³/mol. The molecule has 0 heterocycles. The van der Waals surface area contributed by atoms with Crippen LogP contribution in [0.2, 0.25) is 6.04 Å². The lowest BCUT2D eigenvalue weighted by molar-refractivity contribution is 0.434. The van der Waals surface area contributed by atoms with E-state index in [4.69, 9.17) is 22.2 Å². The Kier molecular flexibility index (Phi) is 2.83. The Bertz CT molecular complexity index is 191. The minimum absolute atomic E-state index is 0.871. The molecule has 2 bridgehead atoms. The van der Waals surface area contributed by atoms with E-state index in [0.29, 0.717) is 0 Å². The van der Waals surface area contributed by atoms with Crippen LogP contribution in [0.1, 0.15) is 19.3 Å². The van der Waals surface area contributed by atoms with Gasteiger partial charge in [0.25, 0.3) is 0 Å². The summed E-state index contributed by atoms with van der Waals surface area (Å²) in [5.74, 6) is 2.68. The summed E-state index contributed by atoms with van der Waals surface area (Å²) in [6, 6.07) is 1.10. The van der Waals surface area contributed by atoms with E-state index in [9.17, 15) is 0 Å². The maximum atomic E-state index is 5.84. The van der Waals surface area contributed by atoms with Crippen LogP contribution < -0.4 is 0 Å². The minimum atomic E-state index is -1.33. The van der Waals surface area contributed by atoms with Gasteiger partial charge in [0.2, 0.25) is 7.42 Å². The lowest BCUT2D eigenvalue weighted by Crippen LogP contribution is -2.08. The fourth-order valence-corrected chi connectivity index (χ4v) is 4.00. The zero-order chi connectivity index (χ0) is 8.55. The molecule has 1 fully saturated rings. The van der Waals surface area contributed by atoms with Crippen LogP contribution in [-0.4, -0.2) is 7.42 Å². The van der Waals surface area contributed by atoms with Gasteiger partial charge < -0.3 is 0 Å². The molecule has 2 aliphatic rings. The zero-order valence-electron chi connectivity index (χ0n) is 7.05. The highest BCUT2D eigenvalue weighted by Gasteiger charge is 2.35. The van der Waals surface area contributed by atoms with Gasteiger partial charge in [-0.3, -0.25) is 0 Å². The number of rotatable bonds is 3. The van der Waals surface area contributed by atoms with Crippen molar-refractivity contribution in [1.82, 2.24) is 0 Å². The number of allylic oxidation sites excluding steroid dienone is 2. The summed E-state index contributed by atoms with van der Waals surface area (Å²) in [5, 5.41) is 0. The van der Waals surface area contributed by atoms with Crippen molar-refractivity contribution in [2.24, 2.45) is 17.8 Å². The molecule has 0 radical (unpaired) electrons. The molecule has 0 aromatic carbocycles. The Hall–Kier alpha value is 0.537. The van der Waals surface area contributed by atoms with E-state index >= 15 is 0 Å². The molecule has 2 rings (SSSR count). The SMILES string of the molecule is Cl[SiH](Cl)CCC1CC2C=CC1C2. The molecule has 0 spiro atoms. The van der Waals surface area contributed by atoms with Gasteiger partial charge in [0.05, 0.1) is 0 Å². The number of hydrogen-bond acceptors (Lipinski definition) is 0. The van der Waals surface area contributed by atoms with Gasteiger partial charge in [0.15, 0.2) is 0 Å². The molecule has 0 aromatic rings. The molecular weight excluding hydrogens is 207 g/mol. The molecule has 3 atom stereocenters. The molecule has 68 valence electrons. The van der Waals surface area contributed by atoms with E-state index < -0.39 is 7.42 Å². The van der Waals surface area contributed by atoms with E-state index in [1.807, 2.05) is 0 Å². The zero-order valence-corrected chi connectivity index (χ0v) is 9.72. The molecule has 0 saturated heterocycles. The molecule has 0 aliphatic heterocycles. The van der Waals surface area contributed by atoms with E-state index in [1.54, 1.807) is 0 Å². The van der Waals surface area contributed by atoms with Gasteiger partial charge in [0, 0.05) is 0 Å². The third-order valence-electron chi connectivity index (χ3n) is 3.17. The molecule has 0 nitrogen and oxygen atoms in total. The highest BCUT2D eigenvalue weighted by Crippen LogP contribution is 2.45. The summed E-state index contributed by atoms with van der Waals surface area (Å²) >= 11 is 11.7. The van der Waals surface area contributed by atoms with Gasteiger partial charge in [-0.15, -0.1) is 0 Å². The third kappa shape index (κ3) is 1.89. The van der Waals surface area contributed by atoms with Crippen LogP contribution in [0.15, 0.2) is 12.2 Å². The fraction of sp³-hybridized carbons (Fsp3) is 0.778. The maximum absolute atomic E-state index is 5.84. The van der Waals surface area contributed by atoms with E-state index in [1.165, 1.54) is 19.3 Å². The fourth-order valence-electron chi connectivity index (χ4n) is 2.57. The van der Waals surface area contributed by atoms with Gasteiger partial charge in [-0.1, -0.05) is 18.6 Å². The van der Waals surface area contributed by atoms with Crippen LogP contribution in [0.25, 0.3) is 0 Å². The number of halogens is 2. The predicted octanol–water partition coefficient (Wildman–Crippen LogP) is 3.29. The van der Waals surface area contributed by atoms with Gasteiger partial charge in [-0.05, 0) is 36.6 Å². The summed E-state index contributed by atoms with van der Waals surface area (Å²) in [4.78, 5) is 0. The van der Waals surface area contributed by atoms with E-state index in [-0.39, 0.29) is 0 Å². The van der Waals surface area contributed by atoms with Crippen LogP contribution in [-0.2, 0) is 0 Å². The molecule has 1 saturated carbocycles. The normalized spacial score (nSPS) is 38.4. The van der Waals surface area contributed by atoms with Crippen molar-refractivity contribution in [2.45, 2.75) is 25.3 Å². The number of fused-ring (bicyclic) bond motifs is 2. The Balaban J connectivity index is 1.80. The Morgan fingerprint density at radius 3 is 2.58 bits per heavy atom.